The van der Waals surface area contributed by atoms with Gasteiger partial charge in [-0.05, 0) is 62.1 Å². The van der Waals surface area contributed by atoms with Crippen LogP contribution in [-0.2, 0) is 0 Å². The predicted molar refractivity (Wildman–Crippen MR) is 153 cm³/mol. The number of amides is 1. The van der Waals surface area contributed by atoms with Crippen molar-refractivity contribution < 1.29 is 13.9 Å². The third kappa shape index (κ3) is 4.33. The van der Waals surface area contributed by atoms with E-state index in [2.05, 4.69) is 29.4 Å². The number of nitrogens with zero attached hydrogens (tertiary/aromatic N) is 2. The van der Waals surface area contributed by atoms with Gasteiger partial charge in [0.05, 0.1) is 11.1 Å². The van der Waals surface area contributed by atoms with E-state index in [-0.39, 0.29) is 22.4 Å². The maximum absolute atomic E-state index is 15.7. The highest BCUT2D eigenvalue weighted by Crippen LogP contribution is 2.46. The molecule has 2 unspecified atom stereocenters. The molecule has 3 aromatic carbocycles. The number of pyridine rings is 1. The van der Waals surface area contributed by atoms with Crippen molar-refractivity contribution >= 4 is 33.3 Å². The smallest absolute Gasteiger partial charge is 0.256 e. The van der Waals surface area contributed by atoms with E-state index in [0.717, 1.165) is 23.7 Å². The summed E-state index contributed by atoms with van der Waals surface area (Å²) in [5, 5.41) is 7.85. The lowest BCUT2D eigenvalue weighted by atomic mass is 9.97. The predicted octanol–water partition coefficient (Wildman–Crippen LogP) is 5.81. The fourth-order valence-electron chi connectivity index (χ4n) is 6.15. The van der Waals surface area contributed by atoms with Crippen LogP contribution in [0.3, 0.4) is 0 Å². The van der Waals surface area contributed by atoms with Crippen LogP contribution in [0.25, 0.3) is 27.4 Å². The number of nitrogens with one attached hydrogen (secondary N) is 2. The third-order valence-corrected chi connectivity index (χ3v) is 8.24. The number of halogens is 1. The van der Waals surface area contributed by atoms with Gasteiger partial charge in [0.2, 0.25) is 5.43 Å². The first kappa shape index (κ1) is 25.4. The average Bonchev–Trinajstić information content (AvgIpc) is 2.93. The largest absolute Gasteiger partial charge is 0.451 e. The van der Waals surface area contributed by atoms with Gasteiger partial charge >= 0.3 is 0 Å². The van der Waals surface area contributed by atoms with Crippen LogP contribution < -0.4 is 20.8 Å². The molecule has 4 aromatic rings. The van der Waals surface area contributed by atoms with Gasteiger partial charge in [-0.25, -0.2) is 4.39 Å². The molecule has 3 heterocycles. The van der Waals surface area contributed by atoms with Gasteiger partial charge in [-0.3, -0.25) is 14.5 Å². The number of hydrogen-bond acceptors (Lipinski definition) is 5. The number of anilines is 1. The minimum Gasteiger partial charge on any atom is -0.451 e. The molecule has 1 fully saturated rings. The van der Waals surface area contributed by atoms with Gasteiger partial charge < -0.3 is 19.9 Å². The van der Waals surface area contributed by atoms with E-state index < -0.39 is 17.2 Å². The zero-order valence-electron chi connectivity index (χ0n) is 22.5. The topological polar surface area (TPSA) is 75.6 Å². The molecule has 39 heavy (non-hydrogen) atoms. The molecule has 1 aromatic heterocycles. The summed E-state index contributed by atoms with van der Waals surface area (Å²) in [6.45, 7) is 6.03. The zero-order chi connectivity index (χ0) is 27.3. The Morgan fingerprint density at radius 1 is 1.10 bits per heavy atom. The Balaban J connectivity index is 1.43. The van der Waals surface area contributed by atoms with Gasteiger partial charge in [-0.2, -0.15) is 0 Å². The summed E-state index contributed by atoms with van der Waals surface area (Å²) in [5.74, 6) is -0.323. The summed E-state index contributed by atoms with van der Waals surface area (Å²) >= 11 is 0. The number of rotatable bonds is 6. The summed E-state index contributed by atoms with van der Waals surface area (Å²) in [7, 11) is 1.47. The molecule has 0 spiro atoms. The van der Waals surface area contributed by atoms with E-state index >= 15 is 4.39 Å². The molecule has 0 aliphatic carbocycles. The number of aromatic nitrogens is 1. The van der Waals surface area contributed by atoms with Crippen LogP contribution in [0.5, 0.6) is 11.5 Å². The number of carbonyl (C=O) groups is 1. The standard InChI is InChI=1S/C31H33FN4O3/c1-18-8-6-9-19(2)35(18)13-7-12-34-27-24(32)16-22-28-30(27)39-26-15-21-11-5-4-10-20(21)14-25(26)36(28)17-23(29(22)37)31(38)33-3/h4-5,10-11,14-19,34H,6-9,12-13H2,1-3H3,(H,33,38). The Bertz CT molecular complexity index is 1650. The highest BCUT2D eigenvalue weighted by atomic mass is 19.1. The number of likely N-dealkylation sites (tertiary alicyclic amines) is 1. The number of ether oxygens (including phenoxy) is 1. The van der Waals surface area contributed by atoms with E-state index in [1.165, 1.54) is 38.6 Å². The van der Waals surface area contributed by atoms with Crippen molar-refractivity contribution in [2.24, 2.45) is 0 Å². The Morgan fingerprint density at radius 2 is 1.82 bits per heavy atom. The fourth-order valence-corrected chi connectivity index (χ4v) is 6.15. The summed E-state index contributed by atoms with van der Waals surface area (Å²) in [4.78, 5) is 28.5. The summed E-state index contributed by atoms with van der Waals surface area (Å²) < 4.78 is 23.8. The lowest BCUT2D eigenvalue weighted by molar-refractivity contribution is 0.0961. The molecule has 2 aliphatic rings. The molecule has 7 nitrogen and oxygen atoms in total. The third-order valence-electron chi connectivity index (χ3n) is 8.24. The van der Waals surface area contributed by atoms with Crippen LogP contribution in [0.15, 0.2) is 53.5 Å². The van der Waals surface area contributed by atoms with Crippen molar-refractivity contribution in [2.45, 2.75) is 51.6 Å². The van der Waals surface area contributed by atoms with Gasteiger partial charge in [0.15, 0.2) is 17.3 Å². The minimum atomic E-state index is -0.584. The highest BCUT2D eigenvalue weighted by molar-refractivity contribution is 6.01. The number of piperidine rings is 1. The summed E-state index contributed by atoms with van der Waals surface area (Å²) in [6.07, 6.45) is 6.05. The Hall–Kier alpha value is -3.91. The second-order valence-corrected chi connectivity index (χ2v) is 10.7. The van der Waals surface area contributed by atoms with Crippen LogP contribution in [0.1, 0.15) is 49.9 Å². The first-order valence-corrected chi connectivity index (χ1v) is 13.7. The van der Waals surface area contributed by atoms with Gasteiger partial charge in [-0.15, -0.1) is 0 Å². The quantitative estimate of drug-likeness (QED) is 0.272. The average molecular weight is 529 g/mol. The SMILES string of the molecule is CNC(=O)c1cn2c3c(c(NCCCN4C(C)CCCC4C)c(F)cc3c1=O)Oc1cc3ccccc3cc1-2. The zero-order valence-corrected chi connectivity index (χ0v) is 22.5. The van der Waals surface area contributed by atoms with Crippen LogP contribution in [0, 0.1) is 5.82 Å². The van der Waals surface area contributed by atoms with Crippen LogP contribution in [0.4, 0.5) is 10.1 Å². The van der Waals surface area contributed by atoms with Crippen molar-refractivity contribution in [3.63, 3.8) is 0 Å². The van der Waals surface area contributed by atoms with Crippen LogP contribution >= 0.6 is 0 Å². The minimum absolute atomic E-state index is 0.0539. The fraction of sp³-hybridized carbons (Fsp3) is 0.355. The van der Waals surface area contributed by atoms with Crippen LogP contribution in [-0.4, -0.2) is 47.6 Å². The maximum atomic E-state index is 15.7. The van der Waals surface area contributed by atoms with E-state index in [1.54, 1.807) is 4.57 Å². The molecule has 0 bridgehead atoms. The van der Waals surface area contributed by atoms with Gasteiger partial charge in [-0.1, -0.05) is 30.7 Å². The maximum Gasteiger partial charge on any atom is 0.256 e. The molecule has 6 rings (SSSR count). The molecule has 1 amide bonds. The molecule has 2 N–H and O–H groups in total. The van der Waals surface area contributed by atoms with Crippen LogP contribution in [0.2, 0.25) is 0 Å². The Labute approximate surface area is 226 Å². The first-order chi connectivity index (χ1) is 18.9. The molecule has 8 heteroatoms. The molecule has 2 atom stereocenters. The second-order valence-electron chi connectivity index (χ2n) is 10.7. The number of benzene rings is 3. The molecule has 0 saturated carbocycles. The highest BCUT2D eigenvalue weighted by Gasteiger charge is 2.29. The second kappa shape index (κ2) is 10.0. The van der Waals surface area contributed by atoms with Gasteiger partial charge in [0, 0.05) is 38.4 Å². The van der Waals surface area contributed by atoms with Crippen molar-refractivity contribution in [3.05, 3.63) is 70.3 Å². The molecule has 0 radical (unpaired) electrons. The first-order valence-electron chi connectivity index (χ1n) is 13.7. The van der Waals surface area contributed by atoms with Crippen molar-refractivity contribution in [3.8, 4) is 17.2 Å². The molecular weight excluding hydrogens is 495 g/mol. The Kier molecular flexibility index (Phi) is 6.51. The monoisotopic (exact) mass is 528 g/mol. The van der Waals surface area contributed by atoms with Gasteiger partial charge in [0.25, 0.3) is 5.91 Å². The van der Waals surface area contributed by atoms with Crippen molar-refractivity contribution in [2.75, 3.05) is 25.5 Å². The summed E-state index contributed by atoms with van der Waals surface area (Å²) in [5.41, 5.74) is 0.761. The lowest BCUT2D eigenvalue weighted by Gasteiger charge is -2.39. The molecule has 2 aliphatic heterocycles. The molecule has 202 valence electrons. The number of fused-ring (bicyclic) bond motifs is 3. The summed E-state index contributed by atoms with van der Waals surface area (Å²) in [6, 6.07) is 14.1. The lowest BCUT2D eigenvalue weighted by Crippen LogP contribution is -2.44. The van der Waals surface area contributed by atoms with E-state index in [1.807, 2.05) is 36.4 Å². The number of hydrogen-bond donors (Lipinski definition) is 2. The van der Waals surface area contributed by atoms with Crippen molar-refractivity contribution in [1.82, 2.24) is 14.8 Å². The van der Waals surface area contributed by atoms with E-state index in [9.17, 15) is 9.59 Å². The molecule has 1 saturated heterocycles. The Morgan fingerprint density at radius 3 is 2.54 bits per heavy atom. The van der Waals surface area contributed by atoms with Crippen molar-refractivity contribution in [1.29, 1.82) is 0 Å². The van der Waals surface area contributed by atoms with E-state index in [0.29, 0.717) is 35.6 Å². The number of carbonyl (C=O) groups excluding carboxylic acids is 1. The normalized spacial score (nSPS) is 18.6. The molecular formula is C31H33FN4O3. The van der Waals surface area contributed by atoms with E-state index in [4.69, 9.17) is 4.74 Å². The van der Waals surface area contributed by atoms with Gasteiger partial charge in [0.1, 0.15) is 16.8 Å².